The van der Waals surface area contributed by atoms with E-state index in [-0.39, 0.29) is 44.8 Å². The van der Waals surface area contributed by atoms with Gasteiger partial charge >= 0.3 is 11.9 Å². The molecule has 3 saturated carbocycles. The third-order valence-corrected chi connectivity index (χ3v) is 11.2. The van der Waals surface area contributed by atoms with Crippen molar-refractivity contribution in [1.29, 1.82) is 0 Å². The highest BCUT2D eigenvalue weighted by molar-refractivity contribution is 8.14. The third kappa shape index (κ3) is 3.22. The average molecular weight is 461 g/mol. The summed E-state index contributed by atoms with van der Waals surface area (Å²) in [5, 5.41) is 0.419. The predicted octanol–water partition coefficient (Wildman–Crippen LogP) is 5.21. The Balaban J connectivity index is 1.51. The lowest BCUT2D eigenvalue weighted by Gasteiger charge is -2.61. The SMILES string of the molecule is CC(=O)O[C@@H]1C=C2C[C@H](SC(C)=O)[C@@H]3[C@H](CC[C@@]4(C)[C@H]3CC[C@@]43CCC(=O)O3)[C@@]2(C)CC1. The number of thioether (sulfide) groups is 1. The van der Waals surface area contributed by atoms with Crippen LogP contribution in [0.1, 0.15) is 85.5 Å². The Hall–Kier alpha value is -1.30. The van der Waals surface area contributed by atoms with Crippen LogP contribution >= 0.6 is 11.8 Å². The summed E-state index contributed by atoms with van der Waals surface area (Å²) in [6.45, 7) is 7.95. The van der Waals surface area contributed by atoms with Crippen LogP contribution in [0.4, 0.5) is 0 Å². The molecule has 0 N–H and O–H groups in total. The lowest BCUT2D eigenvalue weighted by atomic mass is 9.46. The third-order valence-electron chi connectivity index (χ3n) is 10.0. The molecule has 0 unspecified atom stereocenters. The minimum Gasteiger partial charge on any atom is -0.458 e. The Morgan fingerprint density at radius 2 is 1.81 bits per heavy atom. The second kappa shape index (κ2) is 7.61. The van der Waals surface area contributed by atoms with Gasteiger partial charge in [-0.1, -0.05) is 31.2 Å². The van der Waals surface area contributed by atoms with Gasteiger partial charge in [0.2, 0.25) is 0 Å². The van der Waals surface area contributed by atoms with Gasteiger partial charge in [0.05, 0.1) is 0 Å². The lowest BCUT2D eigenvalue weighted by Crippen LogP contribution is -2.58. The summed E-state index contributed by atoms with van der Waals surface area (Å²) in [5.41, 5.74) is 1.19. The number of allylic oxidation sites excluding steroid dienone is 1. The van der Waals surface area contributed by atoms with Crippen LogP contribution in [-0.4, -0.2) is 34.0 Å². The number of fused-ring (bicyclic) bond motifs is 6. The van der Waals surface area contributed by atoms with Gasteiger partial charge < -0.3 is 9.47 Å². The van der Waals surface area contributed by atoms with Crippen LogP contribution in [0.3, 0.4) is 0 Å². The number of rotatable bonds is 2. The van der Waals surface area contributed by atoms with Crippen LogP contribution in [0.25, 0.3) is 0 Å². The van der Waals surface area contributed by atoms with E-state index in [0.717, 1.165) is 51.4 Å². The van der Waals surface area contributed by atoms with E-state index in [1.807, 2.05) is 0 Å². The normalized spacial score (nSPS) is 47.2. The van der Waals surface area contributed by atoms with E-state index in [1.165, 1.54) is 24.3 Å². The molecule has 4 aliphatic carbocycles. The maximum Gasteiger partial charge on any atom is 0.306 e. The fourth-order valence-corrected chi connectivity index (χ4v) is 9.80. The summed E-state index contributed by atoms with van der Waals surface area (Å²) in [4.78, 5) is 36.0. The van der Waals surface area contributed by atoms with Crippen LogP contribution in [-0.2, 0) is 23.9 Å². The molecule has 1 spiro atoms. The molecule has 1 saturated heterocycles. The van der Waals surface area contributed by atoms with Crippen LogP contribution < -0.4 is 0 Å². The summed E-state index contributed by atoms with van der Waals surface area (Å²) >= 11 is 1.51. The average Bonchev–Trinajstić information content (AvgIpc) is 3.22. The van der Waals surface area contributed by atoms with E-state index in [0.29, 0.717) is 24.2 Å². The summed E-state index contributed by atoms with van der Waals surface area (Å²) in [7, 11) is 0. The van der Waals surface area contributed by atoms with Crippen molar-refractivity contribution in [1.82, 2.24) is 0 Å². The van der Waals surface area contributed by atoms with Crippen molar-refractivity contribution in [2.75, 3.05) is 0 Å². The Bertz CT molecular complexity index is 881. The number of hydrogen-bond donors (Lipinski definition) is 0. The van der Waals surface area contributed by atoms with Crippen LogP contribution in [0.2, 0.25) is 0 Å². The van der Waals surface area contributed by atoms with Crippen molar-refractivity contribution in [3.8, 4) is 0 Å². The highest BCUT2D eigenvalue weighted by Crippen LogP contribution is 2.70. The molecule has 0 aromatic heterocycles. The Kier molecular flexibility index (Phi) is 5.35. The largest absolute Gasteiger partial charge is 0.458 e. The molecule has 5 nitrogen and oxygen atoms in total. The second-order valence-electron chi connectivity index (χ2n) is 11.4. The van der Waals surface area contributed by atoms with Crippen molar-refractivity contribution < 1.29 is 23.9 Å². The van der Waals surface area contributed by atoms with Gasteiger partial charge in [-0.3, -0.25) is 14.4 Å². The molecule has 1 aliphatic heterocycles. The summed E-state index contributed by atoms with van der Waals surface area (Å²) in [6.07, 6.45) is 10.5. The number of ether oxygens (including phenoxy) is 2. The van der Waals surface area contributed by atoms with Crippen LogP contribution in [0.15, 0.2) is 11.6 Å². The van der Waals surface area contributed by atoms with E-state index in [1.54, 1.807) is 6.92 Å². The van der Waals surface area contributed by atoms with Gasteiger partial charge in [-0.05, 0) is 80.6 Å². The van der Waals surface area contributed by atoms with Crippen LogP contribution in [0, 0.1) is 28.6 Å². The molecular formula is C26H36O5S. The number of hydrogen-bond acceptors (Lipinski definition) is 6. The Labute approximate surface area is 195 Å². The monoisotopic (exact) mass is 460 g/mol. The molecule has 1 heterocycles. The molecular weight excluding hydrogens is 424 g/mol. The summed E-state index contributed by atoms with van der Waals surface area (Å²) in [6, 6.07) is 0. The minimum atomic E-state index is -0.296. The van der Waals surface area contributed by atoms with Gasteiger partial charge in [-0.25, -0.2) is 0 Å². The number of esters is 2. The van der Waals surface area contributed by atoms with Gasteiger partial charge in [0.15, 0.2) is 5.12 Å². The maximum atomic E-state index is 12.3. The Morgan fingerprint density at radius 3 is 2.47 bits per heavy atom. The van der Waals surface area contributed by atoms with Crippen molar-refractivity contribution in [3.05, 3.63) is 11.6 Å². The second-order valence-corrected chi connectivity index (χ2v) is 12.8. The molecule has 0 radical (unpaired) electrons. The molecule has 0 aromatic carbocycles. The zero-order valence-electron chi connectivity index (χ0n) is 19.8. The lowest BCUT2D eigenvalue weighted by molar-refractivity contribution is -0.167. The molecule has 176 valence electrons. The van der Waals surface area contributed by atoms with Crippen molar-refractivity contribution in [2.45, 2.75) is 102 Å². The first-order valence-electron chi connectivity index (χ1n) is 12.4. The first-order valence-corrected chi connectivity index (χ1v) is 13.2. The van der Waals surface area contributed by atoms with E-state index in [4.69, 9.17) is 9.47 Å². The molecule has 5 aliphatic rings. The fourth-order valence-electron chi connectivity index (χ4n) is 8.57. The first-order chi connectivity index (χ1) is 15.1. The van der Waals surface area contributed by atoms with E-state index < -0.39 is 0 Å². The molecule has 32 heavy (non-hydrogen) atoms. The van der Waals surface area contributed by atoms with Gasteiger partial charge in [0.25, 0.3) is 0 Å². The highest BCUT2D eigenvalue weighted by atomic mass is 32.2. The fraction of sp³-hybridized carbons (Fsp3) is 0.808. The van der Waals surface area contributed by atoms with Crippen molar-refractivity contribution in [3.63, 3.8) is 0 Å². The number of carbonyl (C=O) groups is 3. The minimum absolute atomic E-state index is 0.00243. The molecule has 0 bridgehead atoms. The first kappa shape index (κ1) is 22.5. The van der Waals surface area contributed by atoms with E-state index in [2.05, 4.69) is 19.9 Å². The van der Waals surface area contributed by atoms with Crippen molar-refractivity contribution >= 4 is 28.8 Å². The van der Waals surface area contributed by atoms with Gasteiger partial charge in [-0.2, -0.15) is 0 Å². The summed E-state index contributed by atoms with van der Waals surface area (Å²) < 4.78 is 11.6. The molecule has 5 rings (SSSR count). The summed E-state index contributed by atoms with van der Waals surface area (Å²) in [5.74, 6) is 1.19. The quantitative estimate of drug-likeness (QED) is 0.416. The highest BCUT2D eigenvalue weighted by Gasteiger charge is 2.68. The van der Waals surface area contributed by atoms with Gasteiger partial charge in [0, 0.05) is 30.9 Å². The zero-order valence-corrected chi connectivity index (χ0v) is 20.6. The predicted molar refractivity (Wildman–Crippen MR) is 123 cm³/mol. The smallest absolute Gasteiger partial charge is 0.306 e. The van der Waals surface area contributed by atoms with E-state index in [9.17, 15) is 14.4 Å². The van der Waals surface area contributed by atoms with E-state index >= 15 is 0 Å². The molecule has 4 fully saturated rings. The zero-order chi connectivity index (χ0) is 22.9. The standard InChI is InChI=1S/C26H36O5S/c1-15(27)30-18-5-9-24(3)17(13-18)14-21(32-16(2)28)23-19(24)6-10-25(4)20(23)7-11-26(25)12-8-22(29)31-26/h13,18-21,23H,5-12,14H2,1-4H3/t18-,19-,20-,21-,23+,24-,25-,26+/m0/s1. The van der Waals surface area contributed by atoms with Gasteiger partial charge in [-0.15, -0.1) is 0 Å². The topological polar surface area (TPSA) is 69.7 Å². The maximum absolute atomic E-state index is 12.3. The molecule has 6 heteroatoms. The molecule has 8 atom stereocenters. The Morgan fingerprint density at radius 1 is 1.06 bits per heavy atom. The number of carbonyl (C=O) groups excluding carboxylic acids is 3. The van der Waals surface area contributed by atoms with Crippen LogP contribution in [0.5, 0.6) is 0 Å². The molecule has 0 aromatic rings. The molecule has 0 amide bonds. The van der Waals surface area contributed by atoms with Gasteiger partial charge in [0.1, 0.15) is 11.7 Å². The van der Waals surface area contributed by atoms with Crippen molar-refractivity contribution in [2.24, 2.45) is 28.6 Å².